The minimum absolute atomic E-state index is 0.00116. The zero-order valence-electron chi connectivity index (χ0n) is 5.80. The van der Waals surface area contributed by atoms with Gasteiger partial charge in [0, 0.05) is 6.61 Å². The van der Waals surface area contributed by atoms with Crippen LogP contribution in [0, 0.1) is 0 Å². The van der Waals surface area contributed by atoms with Crippen molar-refractivity contribution in [1.82, 2.24) is 0 Å². The first-order valence-corrected chi connectivity index (χ1v) is 3.58. The summed E-state index contributed by atoms with van der Waals surface area (Å²) in [6, 6.07) is 0. The summed E-state index contributed by atoms with van der Waals surface area (Å²) in [6.07, 6.45) is 2.72. The Morgan fingerprint density at radius 1 is 1.56 bits per heavy atom. The molecule has 0 spiro atoms. The number of ether oxygens (including phenoxy) is 1. The van der Waals surface area contributed by atoms with E-state index in [1.807, 2.05) is 0 Å². The van der Waals surface area contributed by atoms with Gasteiger partial charge in [-0.05, 0) is 26.2 Å². The largest absolute Gasteiger partial charge is 0.375 e. The Bertz CT molecular complexity index is 75.0. The van der Waals surface area contributed by atoms with Crippen molar-refractivity contribution in [1.29, 1.82) is 0 Å². The lowest BCUT2D eigenvalue weighted by molar-refractivity contribution is -0.0791. The average Bonchev–Trinajstić information content (AvgIpc) is 1.90. The zero-order chi connectivity index (χ0) is 6.69. The lowest BCUT2D eigenvalue weighted by Gasteiger charge is -2.23. The smallest absolute Gasteiger partial charge is 0.116 e. The van der Waals surface area contributed by atoms with Crippen LogP contribution >= 0.6 is 0 Å². The minimum atomic E-state index is -0.537. The van der Waals surface area contributed by atoms with E-state index in [1.165, 1.54) is 0 Å². The maximum Gasteiger partial charge on any atom is 0.116 e. The van der Waals surface area contributed by atoms with Gasteiger partial charge in [-0.15, -0.1) is 0 Å². The highest BCUT2D eigenvalue weighted by Crippen LogP contribution is 2.15. The number of hydrogen-bond acceptors (Lipinski definition) is 1. The molecule has 1 radical (unpaired) electrons. The molecular formula is C7H13O2. The molecule has 0 aromatic heterocycles. The maximum atomic E-state index is 10.8. The van der Waals surface area contributed by atoms with E-state index >= 15 is 0 Å². The number of rotatable bonds is 1. The topological polar surface area (TPSA) is 29.1 Å². The highest BCUT2D eigenvalue weighted by Gasteiger charge is 2.19. The molecule has 1 rings (SSSR count). The molecule has 2 nitrogen and oxygen atoms in total. The molecule has 1 saturated heterocycles. The molecule has 0 aromatic carbocycles. The van der Waals surface area contributed by atoms with Crippen LogP contribution in [-0.2, 0) is 9.84 Å². The van der Waals surface area contributed by atoms with Gasteiger partial charge in [-0.1, -0.05) is 0 Å². The molecule has 1 fully saturated rings. The molecule has 9 heavy (non-hydrogen) atoms. The molecule has 1 heterocycles. The maximum absolute atomic E-state index is 10.8. The minimum Gasteiger partial charge on any atom is -0.375 e. The van der Waals surface area contributed by atoms with E-state index in [2.05, 4.69) is 0 Å². The quantitative estimate of drug-likeness (QED) is 0.525. The van der Waals surface area contributed by atoms with Gasteiger partial charge < -0.3 is 4.74 Å². The van der Waals surface area contributed by atoms with Crippen LogP contribution in [-0.4, -0.2) is 18.8 Å². The molecule has 2 unspecified atom stereocenters. The Morgan fingerprint density at radius 3 is 2.67 bits per heavy atom. The van der Waals surface area contributed by atoms with Crippen LogP contribution in [0.1, 0.15) is 26.2 Å². The third-order valence-corrected chi connectivity index (χ3v) is 1.74. The summed E-state index contributed by atoms with van der Waals surface area (Å²) in [5.41, 5.74) is 0. The van der Waals surface area contributed by atoms with Crippen molar-refractivity contribution in [3.8, 4) is 0 Å². The lowest BCUT2D eigenvalue weighted by Crippen LogP contribution is -2.28. The van der Waals surface area contributed by atoms with Gasteiger partial charge in [0.25, 0.3) is 0 Å². The molecule has 0 amide bonds. The van der Waals surface area contributed by atoms with Gasteiger partial charge in [0.15, 0.2) is 0 Å². The van der Waals surface area contributed by atoms with Gasteiger partial charge in [-0.25, -0.2) is 5.11 Å². The van der Waals surface area contributed by atoms with Crippen LogP contribution < -0.4 is 0 Å². The summed E-state index contributed by atoms with van der Waals surface area (Å²) in [5, 5.41) is 10.8. The molecule has 1 aliphatic heterocycles. The van der Waals surface area contributed by atoms with Crippen LogP contribution in [0.15, 0.2) is 0 Å². The Morgan fingerprint density at radius 2 is 2.33 bits per heavy atom. The van der Waals surface area contributed by atoms with E-state index in [1.54, 1.807) is 6.92 Å². The monoisotopic (exact) mass is 129 g/mol. The van der Waals surface area contributed by atoms with Crippen molar-refractivity contribution in [2.45, 2.75) is 38.4 Å². The number of hydrogen-bond donors (Lipinski definition) is 0. The second-order valence-corrected chi connectivity index (χ2v) is 2.61. The van der Waals surface area contributed by atoms with Crippen molar-refractivity contribution in [2.75, 3.05) is 6.61 Å². The molecule has 2 heteroatoms. The fourth-order valence-corrected chi connectivity index (χ4v) is 1.14. The normalized spacial score (nSPS) is 32.0. The van der Waals surface area contributed by atoms with Gasteiger partial charge in [-0.3, -0.25) is 0 Å². The van der Waals surface area contributed by atoms with Crippen LogP contribution in [0.3, 0.4) is 0 Å². The predicted octanol–water partition coefficient (Wildman–Crippen LogP) is 1.37. The van der Waals surface area contributed by atoms with E-state index < -0.39 is 6.10 Å². The van der Waals surface area contributed by atoms with E-state index in [0.29, 0.717) is 0 Å². The highest BCUT2D eigenvalue weighted by atomic mass is 16.5. The van der Waals surface area contributed by atoms with Crippen molar-refractivity contribution in [2.24, 2.45) is 0 Å². The molecule has 0 bridgehead atoms. The van der Waals surface area contributed by atoms with E-state index in [-0.39, 0.29) is 6.10 Å². The third kappa shape index (κ3) is 1.95. The first kappa shape index (κ1) is 7.03. The highest BCUT2D eigenvalue weighted by molar-refractivity contribution is 4.67. The molecule has 0 aromatic rings. The molecule has 0 N–H and O–H groups in total. The summed E-state index contributed by atoms with van der Waals surface area (Å²) in [7, 11) is 0. The molecule has 2 atom stereocenters. The molecule has 0 saturated carbocycles. The van der Waals surface area contributed by atoms with Crippen LogP contribution in [0.4, 0.5) is 0 Å². The van der Waals surface area contributed by atoms with Crippen LogP contribution in [0.5, 0.6) is 0 Å². The average molecular weight is 129 g/mol. The lowest BCUT2D eigenvalue weighted by atomic mass is 10.1. The van der Waals surface area contributed by atoms with Gasteiger partial charge in [0.05, 0.1) is 6.10 Å². The third-order valence-electron chi connectivity index (χ3n) is 1.74. The van der Waals surface area contributed by atoms with Crippen molar-refractivity contribution in [3.05, 3.63) is 0 Å². The van der Waals surface area contributed by atoms with Gasteiger partial charge in [0.1, 0.15) is 6.10 Å². The Kier molecular flexibility index (Phi) is 2.49. The predicted molar refractivity (Wildman–Crippen MR) is 33.7 cm³/mol. The van der Waals surface area contributed by atoms with Crippen molar-refractivity contribution in [3.63, 3.8) is 0 Å². The summed E-state index contributed by atoms with van der Waals surface area (Å²) >= 11 is 0. The zero-order valence-corrected chi connectivity index (χ0v) is 5.80. The summed E-state index contributed by atoms with van der Waals surface area (Å²) in [5.74, 6) is 0. The van der Waals surface area contributed by atoms with Crippen LogP contribution in [0.25, 0.3) is 0 Å². The van der Waals surface area contributed by atoms with Gasteiger partial charge in [0.2, 0.25) is 0 Å². The standard InChI is InChI=1S/C7H13O2/c1-6(8)7-4-2-3-5-9-7/h6-7H,2-5H2,1H3. The van der Waals surface area contributed by atoms with Crippen LogP contribution in [0.2, 0.25) is 0 Å². The molecule has 0 aliphatic carbocycles. The van der Waals surface area contributed by atoms with E-state index in [0.717, 1.165) is 25.9 Å². The summed E-state index contributed by atoms with van der Waals surface area (Å²) in [6.45, 7) is 2.47. The van der Waals surface area contributed by atoms with Gasteiger partial charge >= 0.3 is 0 Å². The second kappa shape index (κ2) is 3.18. The summed E-state index contributed by atoms with van der Waals surface area (Å²) < 4.78 is 5.23. The molecular weight excluding hydrogens is 116 g/mol. The Balaban J connectivity index is 2.23. The first-order chi connectivity index (χ1) is 4.30. The second-order valence-electron chi connectivity index (χ2n) is 2.61. The molecule has 1 aliphatic rings. The fraction of sp³-hybridized carbons (Fsp3) is 1.00. The SMILES string of the molecule is CC([O])C1CCCCO1. The fourth-order valence-electron chi connectivity index (χ4n) is 1.14. The van der Waals surface area contributed by atoms with E-state index in [9.17, 15) is 5.11 Å². The van der Waals surface area contributed by atoms with Crippen molar-refractivity contribution < 1.29 is 9.84 Å². The summed E-state index contributed by atoms with van der Waals surface area (Å²) in [4.78, 5) is 0. The Labute approximate surface area is 55.8 Å². The first-order valence-electron chi connectivity index (χ1n) is 3.58. The molecule has 53 valence electrons. The van der Waals surface area contributed by atoms with Gasteiger partial charge in [-0.2, -0.15) is 0 Å². The van der Waals surface area contributed by atoms with E-state index in [4.69, 9.17) is 4.74 Å². The Hall–Kier alpha value is -0.0800. The van der Waals surface area contributed by atoms with Crippen molar-refractivity contribution >= 4 is 0 Å².